The molecule has 0 heterocycles. The van der Waals surface area contributed by atoms with Gasteiger partial charge in [0.15, 0.2) is 0 Å². The maximum absolute atomic E-state index is 5.42. The summed E-state index contributed by atoms with van der Waals surface area (Å²) in [4.78, 5) is 0. The maximum Gasteiger partial charge on any atom is 0.0871 e. The van der Waals surface area contributed by atoms with Gasteiger partial charge in [0.05, 0.1) is 11.7 Å². The maximum atomic E-state index is 5.42. The van der Waals surface area contributed by atoms with Crippen LogP contribution in [0.3, 0.4) is 0 Å². The monoisotopic (exact) mass is 208 g/mol. The van der Waals surface area contributed by atoms with Crippen LogP contribution in [-0.4, -0.2) is 14.2 Å². The summed E-state index contributed by atoms with van der Waals surface area (Å²) in [6.45, 7) is 6.15. The molecule has 0 bridgehead atoms. The van der Waals surface area contributed by atoms with Crippen molar-refractivity contribution in [1.82, 2.24) is 0 Å². The first-order valence-electron chi connectivity index (χ1n) is 5.19. The van der Waals surface area contributed by atoms with Crippen LogP contribution in [0.15, 0.2) is 24.3 Å². The Morgan fingerprint density at radius 3 is 2.00 bits per heavy atom. The minimum Gasteiger partial charge on any atom is -0.377 e. The molecule has 1 aromatic rings. The zero-order valence-corrected chi connectivity index (χ0v) is 10.2. The standard InChI is InChI=1S/C13H20O2/c1-10(14-4)11-6-8-12(9-7-11)13(2,3)15-5/h6-10H,1-5H3. The van der Waals surface area contributed by atoms with E-state index in [-0.39, 0.29) is 11.7 Å². The van der Waals surface area contributed by atoms with Gasteiger partial charge in [-0.2, -0.15) is 0 Å². The van der Waals surface area contributed by atoms with E-state index < -0.39 is 0 Å². The van der Waals surface area contributed by atoms with Crippen LogP contribution >= 0.6 is 0 Å². The lowest BCUT2D eigenvalue weighted by Gasteiger charge is -2.24. The quantitative estimate of drug-likeness (QED) is 0.756. The van der Waals surface area contributed by atoms with Crippen molar-refractivity contribution in [3.63, 3.8) is 0 Å². The van der Waals surface area contributed by atoms with Crippen molar-refractivity contribution in [1.29, 1.82) is 0 Å². The average molecular weight is 208 g/mol. The molecule has 1 atom stereocenters. The van der Waals surface area contributed by atoms with E-state index in [1.54, 1.807) is 14.2 Å². The van der Waals surface area contributed by atoms with Crippen LogP contribution < -0.4 is 0 Å². The van der Waals surface area contributed by atoms with Crippen LogP contribution in [0.1, 0.15) is 38.0 Å². The Bertz CT molecular complexity index is 301. The van der Waals surface area contributed by atoms with Crippen molar-refractivity contribution in [2.75, 3.05) is 14.2 Å². The number of benzene rings is 1. The van der Waals surface area contributed by atoms with E-state index in [2.05, 4.69) is 38.1 Å². The molecule has 0 saturated heterocycles. The van der Waals surface area contributed by atoms with Gasteiger partial charge in [-0.25, -0.2) is 0 Å². The second-order valence-corrected chi connectivity index (χ2v) is 4.21. The van der Waals surface area contributed by atoms with Gasteiger partial charge in [0.1, 0.15) is 0 Å². The van der Waals surface area contributed by atoms with E-state index in [1.807, 2.05) is 6.92 Å². The summed E-state index contributed by atoms with van der Waals surface area (Å²) in [6, 6.07) is 8.36. The van der Waals surface area contributed by atoms with Crippen molar-refractivity contribution in [2.24, 2.45) is 0 Å². The third-order valence-corrected chi connectivity index (χ3v) is 2.94. The molecule has 1 aromatic carbocycles. The lowest BCUT2D eigenvalue weighted by molar-refractivity contribution is 0.0191. The molecule has 2 nitrogen and oxygen atoms in total. The molecule has 0 amide bonds. The first-order valence-corrected chi connectivity index (χ1v) is 5.19. The molecule has 0 N–H and O–H groups in total. The fourth-order valence-corrected chi connectivity index (χ4v) is 1.41. The minimum atomic E-state index is -0.227. The van der Waals surface area contributed by atoms with Crippen molar-refractivity contribution >= 4 is 0 Å². The van der Waals surface area contributed by atoms with E-state index >= 15 is 0 Å². The summed E-state index contributed by atoms with van der Waals surface area (Å²) < 4.78 is 10.7. The summed E-state index contributed by atoms with van der Waals surface area (Å²) in [7, 11) is 3.45. The molecule has 0 aliphatic heterocycles. The predicted octanol–water partition coefficient (Wildman–Crippen LogP) is 3.28. The highest BCUT2D eigenvalue weighted by Gasteiger charge is 2.19. The van der Waals surface area contributed by atoms with Crippen LogP contribution in [0.4, 0.5) is 0 Å². The molecule has 2 heteroatoms. The number of methoxy groups -OCH3 is 2. The number of rotatable bonds is 4. The van der Waals surface area contributed by atoms with E-state index in [1.165, 1.54) is 11.1 Å². The lowest BCUT2D eigenvalue weighted by Crippen LogP contribution is -2.19. The van der Waals surface area contributed by atoms with Gasteiger partial charge in [0.2, 0.25) is 0 Å². The SMILES string of the molecule is COC(C)c1ccc(C(C)(C)OC)cc1. The molecular weight excluding hydrogens is 188 g/mol. The molecular formula is C13H20O2. The summed E-state index contributed by atoms with van der Waals surface area (Å²) in [5, 5.41) is 0. The third-order valence-electron chi connectivity index (χ3n) is 2.94. The van der Waals surface area contributed by atoms with E-state index in [0.29, 0.717) is 0 Å². The third kappa shape index (κ3) is 2.80. The van der Waals surface area contributed by atoms with Gasteiger partial charge in [-0.1, -0.05) is 24.3 Å². The van der Waals surface area contributed by atoms with Crippen LogP contribution in [0.25, 0.3) is 0 Å². The Kier molecular flexibility index (Phi) is 3.89. The molecule has 0 aromatic heterocycles. The highest BCUT2D eigenvalue weighted by Crippen LogP contribution is 2.25. The van der Waals surface area contributed by atoms with Gasteiger partial charge in [-0.05, 0) is 31.9 Å². The molecule has 0 fully saturated rings. The zero-order chi connectivity index (χ0) is 11.5. The minimum absolute atomic E-state index is 0.143. The molecule has 0 aliphatic carbocycles. The summed E-state index contributed by atoms with van der Waals surface area (Å²) in [5.74, 6) is 0. The highest BCUT2D eigenvalue weighted by molar-refractivity contribution is 5.27. The fourth-order valence-electron chi connectivity index (χ4n) is 1.41. The second-order valence-electron chi connectivity index (χ2n) is 4.21. The van der Waals surface area contributed by atoms with Crippen LogP contribution in [0.5, 0.6) is 0 Å². The molecule has 1 rings (SSSR count). The lowest BCUT2D eigenvalue weighted by atomic mass is 9.96. The Hall–Kier alpha value is -0.860. The topological polar surface area (TPSA) is 18.5 Å². The normalized spacial score (nSPS) is 13.9. The number of hydrogen-bond acceptors (Lipinski definition) is 2. The van der Waals surface area contributed by atoms with Gasteiger partial charge in [0.25, 0.3) is 0 Å². The average Bonchev–Trinajstić information content (AvgIpc) is 2.28. The van der Waals surface area contributed by atoms with E-state index in [0.717, 1.165) is 0 Å². The van der Waals surface area contributed by atoms with Gasteiger partial charge in [-0.3, -0.25) is 0 Å². The summed E-state index contributed by atoms with van der Waals surface area (Å²) >= 11 is 0. The largest absolute Gasteiger partial charge is 0.377 e. The predicted molar refractivity (Wildman–Crippen MR) is 61.9 cm³/mol. The van der Waals surface area contributed by atoms with Crippen molar-refractivity contribution in [3.8, 4) is 0 Å². The molecule has 0 radical (unpaired) electrons. The van der Waals surface area contributed by atoms with Crippen LogP contribution in [0, 0.1) is 0 Å². The van der Waals surface area contributed by atoms with Crippen molar-refractivity contribution in [3.05, 3.63) is 35.4 Å². The molecule has 0 saturated carbocycles. The highest BCUT2D eigenvalue weighted by atomic mass is 16.5. The molecule has 84 valence electrons. The van der Waals surface area contributed by atoms with Crippen molar-refractivity contribution in [2.45, 2.75) is 32.5 Å². The van der Waals surface area contributed by atoms with Crippen LogP contribution in [-0.2, 0) is 15.1 Å². The Morgan fingerprint density at radius 1 is 1.07 bits per heavy atom. The molecule has 15 heavy (non-hydrogen) atoms. The van der Waals surface area contributed by atoms with E-state index in [4.69, 9.17) is 9.47 Å². The van der Waals surface area contributed by atoms with Gasteiger partial charge < -0.3 is 9.47 Å². The Balaban J connectivity index is 2.90. The summed E-state index contributed by atoms with van der Waals surface area (Å²) in [5.41, 5.74) is 2.14. The zero-order valence-electron chi connectivity index (χ0n) is 10.2. The van der Waals surface area contributed by atoms with Crippen molar-refractivity contribution < 1.29 is 9.47 Å². The first kappa shape index (κ1) is 12.2. The van der Waals surface area contributed by atoms with Crippen LogP contribution in [0.2, 0.25) is 0 Å². The fraction of sp³-hybridized carbons (Fsp3) is 0.538. The van der Waals surface area contributed by atoms with Gasteiger partial charge >= 0.3 is 0 Å². The number of hydrogen-bond donors (Lipinski definition) is 0. The Labute approximate surface area is 92.2 Å². The van der Waals surface area contributed by atoms with Gasteiger partial charge in [0, 0.05) is 14.2 Å². The molecule has 0 spiro atoms. The Morgan fingerprint density at radius 2 is 1.60 bits per heavy atom. The molecule has 1 unspecified atom stereocenters. The second kappa shape index (κ2) is 4.77. The number of ether oxygens (including phenoxy) is 2. The van der Waals surface area contributed by atoms with Gasteiger partial charge in [-0.15, -0.1) is 0 Å². The smallest absolute Gasteiger partial charge is 0.0871 e. The molecule has 0 aliphatic rings. The van der Waals surface area contributed by atoms with E-state index in [9.17, 15) is 0 Å². The first-order chi connectivity index (χ1) is 7.01. The summed E-state index contributed by atoms with van der Waals surface area (Å²) in [6.07, 6.45) is 0.143.